The Labute approximate surface area is 135 Å². The maximum Gasteiger partial charge on any atom is 0.316 e. The minimum atomic E-state index is 0.126. The first-order valence-corrected chi connectivity index (χ1v) is 8.53. The summed E-state index contributed by atoms with van der Waals surface area (Å²) in [4.78, 5) is 20.3. The van der Waals surface area contributed by atoms with Gasteiger partial charge in [0, 0.05) is 12.0 Å². The highest BCUT2D eigenvalue weighted by molar-refractivity contribution is 6.30. The average molecular weight is 324 g/mol. The van der Waals surface area contributed by atoms with Gasteiger partial charge in [-0.25, -0.2) is 9.97 Å². The number of ether oxygens (including phenoxy) is 1. The first-order chi connectivity index (χ1) is 10.7. The predicted octanol–water partition coefficient (Wildman–Crippen LogP) is 3.13. The highest BCUT2D eigenvalue weighted by Gasteiger charge is 2.28. The summed E-state index contributed by atoms with van der Waals surface area (Å²) in [5, 5.41) is 3.71. The molecule has 1 aromatic rings. The Morgan fingerprint density at radius 1 is 1.09 bits per heavy atom. The molecule has 0 aliphatic heterocycles. The van der Waals surface area contributed by atoms with Gasteiger partial charge >= 0.3 is 6.01 Å². The van der Waals surface area contributed by atoms with E-state index < -0.39 is 0 Å². The van der Waals surface area contributed by atoms with Gasteiger partial charge in [-0.05, 0) is 38.5 Å². The molecule has 0 atom stereocenters. The lowest BCUT2D eigenvalue weighted by atomic mass is 9.92. The molecule has 22 heavy (non-hydrogen) atoms. The smallest absolute Gasteiger partial charge is 0.316 e. The van der Waals surface area contributed by atoms with Crippen molar-refractivity contribution in [1.29, 1.82) is 0 Å². The summed E-state index contributed by atoms with van der Waals surface area (Å²) < 4.78 is 5.77. The fourth-order valence-corrected chi connectivity index (χ4v) is 3.44. The van der Waals surface area contributed by atoms with E-state index >= 15 is 0 Å². The summed E-state index contributed by atoms with van der Waals surface area (Å²) in [5.74, 6) is 0.499. The van der Waals surface area contributed by atoms with Crippen LogP contribution in [0.15, 0.2) is 12.4 Å². The second-order valence-corrected chi connectivity index (χ2v) is 6.70. The van der Waals surface area contributed by atoms with E-state index in [0.29, 0.717) is 17.1 Å². The van der Waals surface area contributed by atoms with Gasteiger partial charge in [-0.1, -0.05) is 24.4 Å². The highest BCUT2D eigenvalue weighted by Crippen LogP contribution is 2.27. The maximum absolute atomic E-state index is 12.1. The lowest BCUT2D eigenvalue weighted by Crippen LogP contribution is -2.42. The van der Waals surface area contributed by atoms with Crippen LogP contribution in [0.3, 0.4) is 0 Å². The molecule has 120 valence electrons. The number of halogens is 1. The molecule has 0 bridgehead atoms. The van der Waals surface area contributed by atoms with Crippen LogP contribution in [0, 0.1) is 5.92 Å². The minimum Gasteiger partial charge on any atom is -0.460 e. The second kappa shape index (κ2) is 7.27. The van der Waals surface area contributed by atoms with Crippen LogP contribution in [0.25, 0.3) is 0 Å². The molecule has 3 rings (SSSR count). The monoisotopic (exact) mass is 323 g/mol. The Morgan fingerprint density at radius 3 is 2.36 bits per heavy atom. The molecule has 0 saturated heterocycles. The van der Waals surface area contributed by atoms with Crippen LogP contribution in [-0.2, 0) is 4.79 Å². The number of aromatic nitrogens is 2. The zero-order valence-electron chi connectivity index (χ0n) is 12.6. The highest BCUT2D eigenvalue weighted by atomic mass is 35.5. The number of carbonyl (C=O) groups excluding carboxylic acids is 1. The molecule has 2 aliphatic carbocycles. The fourth-order valence-electron chi connectivity index (χ4n) is 3.34. The van der Waals surface area contributed by atoms with Crippen molar-refractivity contribution in [3.05, 3.63) is 17.4 Å². The van der Waals surface area contributed by atoms with Gasteiger partial charge in [-0.2, -0.15) is 0 Å². The van der Waals surface area contributed by atoms with Gasteiger partial charge in [0.15, 0.2) is 0 Å². The minimum absolute atomic E-state index is 0.126. The van der Waals surface area contributed by atoms with Crippen LogP contribution in [-0.4, -0.2) is 28.0 Å². The zero-order valence-corrected chi connectivity index (χ0v) is 13.4. The van der Waals surface area contributed by atoms with Gasteiger partial charge in [0.05, 0.1) is 17.4 Å². The summed E-state index contributed by atoms with van der Waals surface area (Å²) >= 11 is 5.76. The van der Waals surface area contributed by atoms with Crippen molar-refractivity contribution in [2.24, 2.45) is 5.92 Å². The Hall–Kier alpha value is -1.36. The first-order valence-electron chi connectivity index (χ1n) is 8.15. The van der Waals surface area contributed by atoms with E-state index in [2.05, 4.69) is 15.3 Å². The van der Waals surface area contributed by atoms with E-state index in [0.717, 1.165) is 38.5 Å². The van der Waals surface area contributed by atoms with E-state index in [-0.39, 0.29) is 17.9 Å². The Kier molecular flexibility index (Phi) is 5.13. The van der Waals surface area contributed by atoms with Crippen LogP contribution >= 0.6 is 11.6 Å². The predicted molar refractivity (Wildman–Crippen MR) is 83.8 cm³/mol. The number of hydrogen-bond donors (Lipinski definition) is 1. The number of rotatable bonds is 4. The van der Waals surface area contributed by atoms with Crippen LogP contribution in [0.2, 0.25) is 5.02 Å². The average Bonchev–Trinajstić information content (AvgIpc) is 3.06. The molecule has 0 aromatic carbocycles. The molecular formula is C16H22ClN3O2. The topological polar surface area (TPSA) is 64.1 Å². The van der Waals surface area contributed by atoms with Crippen molar-refractivity contribution >= 4 is 17.5 Å². The number of amides is 1. The number of nitrogens with zero attached hydrogens (tertiary/aromatic N) is 2. The summed E-state index contributed by atoms with van der Waals surface area (Å²) in [7, 11) is 0. The van der Waals surface area contributed by atoms with Crippen LogP contribution in [0.4, 0.5) is 0 Å². The van der Waals surface area contributed by atoms with E-state index in [1.165, 1.54) is 25.2 Å². The molecule has 1 N–H and O–H groups in total. The van der Waals surface area contributed by atoms with Gasteiger partial charge in [0.25, 0.3) is 0 Å². The van der Waals surface area contributed by atoms with Gasteiger partial charge in [-0.15, -0.1) is 0 Å². The molecule has 1 amide bonds. The third-order valence-corrected chi connectivity index (χ3v) is 4.81. The Balaban J connectivity index is 1.42. The summed E-state index contributed by atoms with van der Waals surface area (Å²) in [6.45, 7) is 0. The molecule has 1 aromatic heterocycles. The maximum atomic E-state index is 12.1. The third-order valence-electron chi connectivity index (χ3n) is 4.62. The molecule has 2 saturated carbocycles. The zero-order chi connectivity index (χ0) is 15.4. The second-order valence-electron chi connectivity index (χ2n) is 6.27. The molecule has 1 heterocycles. The van der Waals surface area contributed by atoms with Crippen molar-refractivity contribution < 1.29 is 9.53 Å². The van der Waals surface area contributed by atoms with Crippen molar-refractivity contribution in [2.45, 2.75) is 63.5 Å². The summed E-state index contributed by atoms with van der Waals surface area (Å²) in [6.07, 6.45) is 11.4. The fraction of sp³-hybridized carbons (Fsp3) is 0.688. The van der Waals surface area contributed by atoms with Crippen LogP contribution in [0.1, 0.15) is 51.4 Å². The molecule has 0 unspecified atom stereocenters. The lowest BCUT2D eigenvalue weighted by Gasteiger charge is -2.29. The standard InChI is InChI=1S/C16H22ClN3O2/c17-12-9-18-16(19-10-12)22-14-7-5-13(6-8-14)20-15(21)11-3-1-2-4-11/h9-11,13-14H,1-8H2,(H,20,21). The van der Waals surface area contributed by atoms with Crippen molar-refractivity contribution in [3.8, 4) is 6.01 Å². The molecule has 2 fully saturated rings. The Bertz CT molecular complexity index is 495. The van der Waals surface area contributed by atoms with Gasteiger partial charge < -0.3 is 10.1 Å². The molecule has 0 spiro atoms. The SMILES string of the molecule is O=C(NC1CCC(Oc2ncc(Cl)cn2)CC1)C1CCCC1. The Morgan fingerprint density at radius 2 is 1.73 bits per heavy atom. The van der Waals surface area contributed by atoms with Crippen molar-refractivity contribution in [3.63, 3.8) is 0 Å². The number of hydrogen-bond acceptors (Lipinski definition) is 4. The van der Waals surface area contributed by atoms with Crippen molar-refractivity contribution in [1.82, 2.24) is 15.3 Å². The summed E-state index contributed by atoms with van der Waals surface area (Å²) in [5.41, 5.74) is 0. The molecular weight excluding hydrogens is 302 g/mol. The third kappa shape index (κ3) is 4.09. The van der Waals surface area contributed by atoms with Gasteiger partial charge in [0.1, 0.15) is 6.10 Å². The normalized spacial score (nSPS) is 25.9. The quantitative estimate of drug-likeness (QED) is 0.924. The van der Waals surface area contributed by atoms with Crippen LogP contribution < -0.4 is 10.1 Å². The largest absolute Gasteiger partial charge is 0.460 e. The van der Waals surface area contributed by atoms with Gasteiger partial charge in [0.2, 0.25) is 5.91 Å². The molecule has 6 heteroatoms. The number of nitrogens with one attached hydrogen (secondary N) is 1. The first kappa shape index (κ1) is 15.5. The van der Waals surface area contributed by atoms with E-state index in [1.54, 1.807) is 0 Å². The molecule has 0 radical (unpaired) electrons. The van der Waals surface area contributed by atoms with Crippen molar-refractivity contribution in [2.75, 3.05) is 0 Å². The van der Waals surface area contributed by atoms with Gasteiger partial charge in [-0.3, -0.25) is 4.79 Å². The van der Waals surface area contributed by atoms with E-state index in [9.17, 15) is 4.79 Å². The van der Waals surface area contributed by atoms with E-state index in [4.69, 9.17) is 16.3 Å². The van der Waals surface area contributed by atoms with E-state index in [1.807, 2.05) is 0 Å². The summed E-state index contributed by atoms with van der Waals surface area (Å²) in [6, 6.07) is 0.668. The molecule has 5 nitrogen and oxygen atoms in total. The molecule has 2 aliphatic rings. The number of carbonyl (C=O) groups is 1. The van der Waals surface area contributed by atoms with Crippen LogP contribution in [0.5, 0.6) is 6.01 Å². The lowest BCUT2D eigenvalue weighted by molar-refractivity contribution is -0.125.